The van der Waals surface area contributed by atoms with Crippen molar-refractivity contribution in [1.82, 2.24) is 19.0 Å². The van der Waals surface area contributed by atoms with Crippen LogP contribution in [0.2, 0.25) is 5.02 Å². The number of alkyl halides is 2. The smallest absolute Gasteiger partial charge is 0.296 e. The first-order valence-corrected chi connectivity index (χ1v) is 10.3. The number of benzene rings is 1. The quantitative estimate of drug-likeness (QED) is 0.748. The topological polar surface area (TPSA) is 58.4 Å². The average molecular weight is 419 g/mol. The second-order valence-electron chi connectivity index (χ2n) is 6.53. The van der Waals surface area contributed by atoms with Crippen LogP contribution in [0, 0.1) is 13.8 Å². The molecule has 3 rings (SSSR count). The van der Waals surface area contributed by atoms with Gasteiger partial charge in [-0.1, -0.05) is 23.7 Å². The molecule has 6 nitrogen and oxygen atoms in total. The molecule has 1 saturated heterocycles. The molecular weight excluding hydrogens is 398 g/mol. The fraction of sp³-hybridized carbons (Fsp3) is 0.471. The number of sulfonamides is 1. The summed E-state index contributed by atoms with van der Waals surface area (Å²) in [6.45, 7) is 2.28. The lowest BCUT2D eigenvalue weighted by atomic mass is 10.2. The van der Waals surface area contributed by atoms with Crippen LogP contribution < -0.4 is 0 Å². The first kappa shape index (κ1) is 20.2. The molecule has 0 spiro atoms. The highest BCUT2D eigenvalue weighted by Gasteiger charge is 2.34. The molecule has 0 atom stereocenters. The minimum atomic E-state index is -3.87. The number of piperazine rings is 1. The Kier molecular flexibility index (Phi) is 5.85. The fourth-order valence-electron chi connectivity index (χ4n) is 3.36. The number of rotatable bonds is 5. The zero-order valence-corrected chi connectivity index (χ0v) is 16.6. The van der Waals surface area contributed by atoms with E-state index >= 15 is 0 Å². The Bertz CT molecular complexity index is 925. The van der Waals surface area contributed by atoms with E-state index in [0.29, 0.717) is 42.4 Å². The standard InChI is InChI=1S/C17H21ClF2N4O2S/c1-12-16(13(2)24(21-12)17(19)20)27(25,26)23-8-6-22(7-9-23)11-14-4-3-5-15(18)10-14/h3-5,10,17H,6-9,11H2,1-2H3. The predicted molar refractivity (Wildman–Crippen MR) is 98.4 cm³/mol. The van der Waals surface area contributed by atoms with Crippen LogP contribution in [0.5, 0.6) is 0 Å². The van der Waals surface area contributed by atoms with Gasteiger partial charge in [-0.3, -0.25) is 4.90 Å². The average Bonchev–Trinajstić information content (AvgIpc) is 2.91. The van der Waals surface area contributed by atoms with Gasteiger partial charge < -0.3 is 0 Å². The Balaban J connectivity index is 1.72. The monoisotopic (exact) mass is 418 g/mol. The summed E-state index contributed by atoms with van der Waals surface area (Å²) in [5.74, 6) is 0. The van der Waals surface area contributed by atoms with E-state index < -0.39 is 16.6 Å². The summed E-state index contributed by atoms with van der Waals surface area (Å²) in [5, 5.41) is 4.35. The van der Waals surface area contributed by atoms with Crippen molar-refractivity contribution in [2.24, 2.45) is 0 Å². The number of hydrogen-bond donors (Lipinski definition) is 0. The molecule has 2 heterocycles. The van der Waals surface area contributed by atoms with Gasteiger partial charge in [0.05, 0.1) is 11.4 Å². The third-order valence-corrected chi connectivity index (χ3v) is 7.05. The summed E-state index contributed by atoms with van der Waals surface area (Å²) in [7, 11) is -3.87. The van der Waals surface area contributed by atoms with Gasteiger partial charge in [-0.2, -0.15) is 18.2 Å². The van der Waals surface area contributed by atoms with E-state index in [0.717, 1.165) is 5.56 Å². The largest absolute Gasteiger partial charge is 0.333 e. The summed E-state index contributed by atoms with van der Waals surface area (Å²) in [6.07, 6.45) is 0. The maximum atomic E-state index is 13.0. The van der Waals surface area contributed by atoms with Crippen LogP contribution in [0.1, 0.15) is 23.5 Å². The summed E-state index contributed by atoms with van der Waals surface area (Å²) in [4.78, 5) is 2.02. The van der Waals surface area contributed by atoms with Gasteiger partial charge in [-0.15, -0.1) is 0 Å². The van der Waals surface area contributed by atoms with Crippen LogP contribution >= 0.6 is 11.6 Å². The van der Waals surface area contributed by atoms with E-state index in [1.165, 1.54) is 18.2 Å². The minimum Gasteiger partial charge on any atom is -0.296 e. The molecule has 1 aromatic heterocycles. The maximum Gasteiger partial charge on any atom is 0.333 e. The summed E-state index contributed by atoms with van der Waals surface area (Å²) in [6, 6.07) is 7.54. The number of hydrogen-bond acceptors (Lipinski definition) is 4. The van der Waals surface area contributed by atoms with Crippen LogP contribution in [-0.4, -0.2) is 53.6 Å². The van der Waals surface area contributed by atoms with Crippen molar-refractivity contribution < 1.29 is 17.2 Å². The van der Waals surface area contributed by atoms with E-state index in [9.17, 15) is 17.2 Å². The van der Waals surface area contributed by atoms with E-state index in [4.69, 9.17) is 11.6 Å². The van der Waals surface area contributed by atoms with Gasteiger partial charge in [0.2, 0.25) is 10.0 Å². The van der Waals surface area contributed by atoms with Crippen molar-refractivity contribution in [3.05, 3.63) is 46.2 Å². The van der Waals surface area contributed by atoms with Gasteiger partial charge in [0.25, 0.3) is 0 Å². The zero-order valence-electron chi connectivity index (χ0n) is 15.1. The summed E-state index contributed by atoms with van der Waals surface area (Å²) in [5.41, 5.74) is 1.11. The van der Waals surface area contributed by atoms with E-state index in [2.05, 4.69) is 10.00 Å². The van der Waals surface area contributed by atoms with Crippen LogP contribution in [0.25, 0.3) is 0 Å². The summed E-state index contributed by atoms with van der Waals surface area (Å²) >= 11 is 6.00. The van der Waals surface area contributed by atoms with Gasteiger partial charge in [-0.05, 0) is 31.5 Å². The molecule has 0 aliphatic carbocycles. The molecule has 148 valence electrons. The SMILES string of the molecule is Cc1nn(C(F)F)c(C)c1S(=O)(=O)N1CCN(Cc2cccc(Cl)c2)CC1. The molecule has 2 aromatic rings. The molecule has 0 unspecified atom stereocenters. The van der Waals surface area contributed by atoms with Gasteiger partial charge in [0.1, 0.15) is 4.90 Å². The molecule has 0 bridgehead atoms. The van der Waals surface area contributed by atoms with Crippen LogP contribution in [0.15, 0.2) is 29.2 Å². The van der Waals surface area contributed by atoms with Crippen LogP contribution in [0.3, 0.4) is 0 Å². The van der Waals surface area contributed by atoms with Crippen molar-refractivity contribution in [3.8, 4) is 0 Å². The number of nitrogens with zero attached hydrogens (tertiary/aromatic N) is 4. The Hall–Kier alpha value is -1.55. The molecule has 1 aromatic carbocycles. The highest BCUT2D eigenvalue weighted by atomic mass is 35.5. The van der Waals surface area contributed by atoms with Gasteiger partial charge in [0, 0.05) is 37.7 Å². The van der Waals surface area contributed by atoms with Crippen molar-refractivity contribution in [1.29, 1.82) is 0 Å². The zero-order chi connectivity index (χ0) is 19.8. The Morgan fingerprint density at radius 3 is 2.41 bits per heavy atom. The van der Waals surface area contributed by atoms with Crippen molar-refractivity contribution in [2.45, 2.75) is 31.8 Å². The van der Waals surface area contributed by atoms with E-state index in [-0.39, 0.29) is 16.3 Å². The third-order valence-electron chi connectivity index (χ3n) is 4.67. The normalized spacial score (nSPS) is 17.0. The Labute approximate surface area is 162 Å². The van der Waals surface area contributed by atoms with E-state index in [1.807, 2.05) is 18.2 Å². The molecular formula is C17H21ClF2N4O2S. The fourth-order valence-corrected chi connectivity index (χ4v) is 5.36. The van der Waals surface area contributed by atoms with Crippen LogP contribution in [-0.2, 0) is 16.6 Å². The first-order chi connectivity index (χ1) is 12.7. The molecule has 0 radical (unpaired) electrons. The Morgan fingerprint density at radius 2 is 1.85 bits per heavy atom. The number of halogens is 3. The second kappa shape index (κ2) is 7.83. The summed E-state index contributed by atoms with van der Waals surface area (Å²) < 4.78 is 53.8. The molecule has 27 heavy (non-hydrogen) atoms. The maximum absolute atomic E-state index is 13.0. The predicted octanol–water partition coefficient (Wildman–Crippen LogP) is 3.05. The lowest BCUT2D eigenvalue weighted by Gasteiger charge is -2.34. The molecule has 0 N–H and O–H groups in total. The second-order valence-corrected chi connectivity index (χ2v) is 8.84. The van der Waals surface area contributed by atoms with Crippen molar-refractivity contribution >= 4 is 21.6 Å². The lowest BCUT2D eigenvalue weighted by Crippen LogP contribution is -2.48. The highest BCUT2D eigenvalue weighted by molar-refractivity contribution is 7.89. The highest BCUT2D eigenvalue weighted by Crippen LogP contribution is 2.27. The van der Waals surface area contributed by atoms with Gasteiger partial charge in [-0.25, -0.2) is 13.1 Å². The molecule has 0 amide bonds. The molecule has 0 saturated carbocycles. The van der Waals surface area contributed by atoms with E-state index in [1.54, 1.807) is 6.07 Å². The first-order valence-electron chi connectivity index (χ1n) is 8.51. The number of aryl methyl sites for hydroxylation is 1. The third kappa shape index (κ3) is 4.16. The van der Waals surface area contributed by atoms with Crippen LogP contribution in [0.4, 0.5) is 8.78 Å². The molecule has 1 fully saturated rings. The van der Waals surface area contributed by atoms with Crippen molar-refractivity contribution in [2.75, 3.05) is 26.2 Å². The molecule has 1 aliphatic heterocycles. The molecule has 10 heteroatoms. The lowest BCUT2D eigenvalue weighted by molar-refractivity contribution is 0.0538. The van der Waals surface area contributed by atoms with Crippen molar-refractivity contribution in [3.63, 3.8) is 0 Å². The minimum absolute atomic E-state index is 0.0381. The number of aromatic nitrogens is 2. The van der Waals surface area contributed by atoms with Gasteiger partial charge >= 0.3 is 6.55 Å². The van der Waals surface area contributed by atoms with Gasteiger partial charge in [0.15, 0.2) is 0 Å². The Morgan fingerprint density at radius 1 is 1.19 bits per heavy atom. The molecule has 1 aliphatic rings.